The van der Waals surface area contributed by atoms with Crippen LogP contribution in [0.3, 0.4) is 0 Å². The van der Waals surface area contributed by atoms with Crippen LogP contribution >= 0.6 is 12.6 Å². The summed E-state index contributed by atoms with van der Waals surface area (Å²) < 4.78 is 0. The lowest BCUT2D eigenvalue weighted by Gasteiger charge is -2.25. The number of rotatable bonds is 1. The van der Waals surface area contributed by atoms with Gasteiger partial charge in [-0.25, -0.2) is 4.79 Å². The molecule has 25 heavy (non-hydrogen) atoms. The molecule has 1 N–H and O–H groups in total. The molecule has 0 radical (unpaired) electrons. The number of benzene rings is 3. The summed E-state index contributed by atoms with van der Waals surface area (Å²) >= 11 is 4.28. The van der Waals surface area contributed by atoms with E-state index in [9.17, 15) is 4.79 Å². The van der Waals surface area contributed by atoms with E-state index >= 15 is 0 Å². The Hall–Kier alpha value is -2.98. The highest BCUT2D eigenvalue weighted by Crippen LogP contribution is 2.36. The molecule has 0 aromatic heterocycles. The van der Waals surface area contributed by atoms with Crippen LogP contribution in [0.1, 0.15) is 11.1 Å². The number of nitrogens with zero attached hydrogens (tertiary/aromatic N) is 1. The third kappa shape index (κ3) is 3.04. The van der Waals surface area contributed by atoms with Gasteiger partial charge in [-0.2, -0.15) is 0 Å². The van der Waals surface area contributed by atoms with Crippen molar-refractivity contribution < 1.29 is 4.79 Å². The minimum Gasteiger partial charge on any atom is -0.307 e. The first kappa shape index (κ1) is 15.5. The van der Waals surface area contributed by atoms with Crippen molar-refractivity contribution in [3.63, 3.8) is 0 Å². The molecule has 3 aromatic rings. The molecule has 122 valence electrons. The molecule has 3 aromatic carbocycles. The van der Waals surface area contributed by atoms with Crippen LogP contribution in [-0.2, 0) is 0 Å². The van der Waals surface area contributed by atoms with Gasteiger partial charge in [0.15, 0.2) is 0 Å². The van der Waals surface area contributed by atoms with E-state index in [2.05, 4.69) is 17.9 Å². The molecule has 2 amide bonds. The zero-order valence-corrected chi connectivity index (χ0v) is 14.3. The van der Waals surface area contributed by atoms with Crippen molar-refractivity contribution in [2.45, 2.75) is 4.90 Å². The zero-order valence-electron chi connectivity index (χ0n) is 13.4. The van der Waals surface area contributed by atoms with Crippen molar-refractivity contribution in [3.8, 4) is 0 Å². The van der Waals surface area contributed by atoms with Crippen LogP contribution < -0.4 is 10.2 Å². The Morgan fingerprint density at radius 3 is 1.84 bits per heavy atom. The molecule has 1 aliphatic heterocycles. The maximum absolute atomic E-state index is 13.1. The lowest BCUT2D eigenvalue weighted by Crippen LogP contribution is -2.31. The predicted molar refractivity (Wildman–Crippen MR) is 107 cm³/mol. The van der Waals surface area contributed by atoms with E-state index in [1.54, 1.807) is 4.90 Å². The Balaban J connectivity index is 1.78. The normalized spacial score (nSPS) is 12.1. The van der Waals surface area contributed by atoms with Crippen LogP contribution in [0, 0.1) is 0 Å². The van der Waals surface area contributed by atoms with Gasteiger partial charge in [0.1, 0.15) is 0 Å². The molecular formula is C21H16N2OS. The van der Waals surface area contributed by atoms with Crippen LogP contribution in [0.5, 0.6) is 0 Å². The standard InChI is InChI=1S/C21H16N2OS/c24-21(22-17-11-13-18(25)14-12-17)23-19-7-3-1-5-15(19)9-10-16-6-2-4-8-20(16)23/h1-14,25H,(H,22,24). The van der Waals surface area contributed by atoms with Gasteiger partial charge in [0.25, 0.3) is 0 Å². The van der Waals surface area contributed by atoms with Crippen LogP contribution in [0.4, 0.5) is 21.9 Å². The van der Waals surface area contributed by atoms with E-state index in [0.29, 0.717) is 0 Å². The van der Waals surface area contributed by atoms with E-state index < -0.39 is 0 Å². The van der Waals surface area contributed by atoms with Gasteiger partial charge in [-0.15, -0.1) is 12.6 Å². The smallest absolute Gasteiger partial charge is 0.307 e. The highest BCUT2D eigenvalue weighted by molar-refractivity contribution is 7.80. The SMILES string of the molecule is O=C(Nc1ccc(S)cc1)N1c2ccccc2C=Cc2ccccc21. The first-order valence-electron chi connectivity index (χ1n) is 7.99. The molecule has 4 heteroatoms. The molecular weight excluding hydrogens is 328 g/mol. The molecule has 0 saturated carbocycles. The van der Waals surface area contributed by atoms with Crippen molar-refractivity contribution in [3.05, 3.63) is 83.9 Å². The molecule has 0 bridgehead atoms. The number of amides is 2. The number of carbonyl (C=O) groups excluding carboxylic acids is 1. The molecule has 1 aliphatic rings. The first-order chi connectivity index (χ1) is 12.2. The Bertz CT molecular complexity index is 914. The summed E-state index contributed by atoms with van der Waals surface area (Å²) in [7, 11) is 0. The van der Waals surface area contributed by atoms with Crippen LogP contribution in [-0.4, -0.2) is 6.03 Å². The predicted octanol–water partition coefficient (Wildman–Crippen LogP) is 5.83. The van der Waals surface area contributed by atoms with Gasteiger partial charge in [-0.1, -0.05) is 48.6 Å². The monoisotopic (exact) mass is 344 g/mol. The van der Waals surface area contributed by atoms with Crippen molar-refractivity contribution in [2.24, 2.45) is 0 Å². The second-order valence-electron chi connectivity index (χ2n) is 5.76. The second kappa shape index (κ2) is 6.49. The number of carbonyl (C=O) groups is 1. The average molecular weight is 344 g/mol. The quantitative estimate of drug-likeness (QED) is 0.535. The third-order valence-corrected chi connectivity index (χ3v) is 4.42. The van der Waals surface area contributed by atoms with Crippen molar-refractivity contribution >= 4 is 47.9 Å². The number of anilines is 3. The number of thiol groups is 1. The molecule has 0 aliphatic carbocycles. The maximum Gasteiger partial charge on any atom is 0.330 e. The highest BCUT2D eigenvalue weighted by atomic mass is 32.1. The molecule has 0 spiro atoms. The van der Waals surface area contributed by atoms with E-state index in [0.717, 1.165) is 33.1 Å². The maximum atomic E-state index is 13.1. The van der Waals surface area contributed by atoms with Crippen molar-refractivity contribution in [1.82, 2.24) is 0 Å². The lowest BCUT2D eigenvalue weighted by atomic mass is 10.1. The second-order valence-corrected chi connectivity index (χ2v) is 6.28. The molecule has 4 rings (SSSR count). The van der Waals surface area contributed by atoms with Crippen molar-refractivity contribution in [1.29, 1.82) is 0 Å². The number of hydrogen-bond donors (Lipinski definition) is 2. The van der Waals surface area contributed by atoms with Crippen molar-refractivity contribution in [2.75, 3.05) is 10.2 Å². The fraction of sp³-hybridized carbons (Fsp3) is 0. The number of hydrogen-bond acceptors (Lipinski definition) is 2. The molecule has 0 atom stereocenters. The summed E-state index contributed by atoms with van der Waals surface area (Å²) in [5.74, 6) is 0. The van der Waals surface area contributed by atoms with Gasteiger partial charge in [0, 0.05) is 10.6 Å². The largest absolute Gasteiger partial charge is 0.330 e. The average Bonchev–Trinajstić information content (AvgIpc) is 2.80. The molecule has 1 heterocycles. The first-order valence-corrected chi connectivity index (χ1v) is 8.43. The van der Waals surface area contributed by atoms with E-state index in [4.69, 9.17) is 0 Å². The fourth-order valence-corrected chi connectivity index (χ4v) is 3.07. The van der Waals surface area contributed by atoms with E-state index in [1.165, 1.54) is 0 Å². The lowest BCUT2D eigenvalue weighted by molar-refractivity contribution is 0.259. The van der Waals surface area contributed by atoms with Crippen LogP contribution in [0.25, 0.3) is 12.2 Å². The number of fused-ring (bicyclic) bond motifs is 2. The minimum absolute atomic E-state index is 0.199. The van der Waals surface area contributed by atoms with Gasteiger partial charge in [0.2, 0.25) is 0 Å². The van der Waals surface area contributed by atoms with E-state index in [-0.39, 0.29) is 6.03 Å². The summed E-state index contributed by atoms with van der Waals surface area (Å²) in [6.45, 7) is 0. The molecule has 3 nitrogen and oxygen atoms in total. The van der Waals surface area contributed by atoms with Gasteiger partial charge >= 0.3 is 6.03 Å². The summed E-state index contributed by atoms with van der Waals surface area (Å²) in [4.78, 5) is 15.7. The number of urea groups is 1. The summed E-state index contributed by atoms with van der Waals surface area (Å²) in [6.07, 6.45) is 4.08. The van der Waals surface area contributed by atoms with Crippen LogP contribution in [0.15, 0.2) is 77.7 Å². The topological polar surface area (TPSA) is 32.3 Å². The highest BCUT2D eigenvalue weighted by Gasteiger charge is 2.23. The third-order valence-electron chi connectivity index (χ3n) is 4.12. The fourth-order valence-electron chi connectivity index (χ4n) is 2.92. The summed E-state index contributed by atoms with van der Waals surface area (Å²) in [5, 5.41) is 2.97. The Labute approximate surface area is 152 Å². The molecule has 0 fully saturated rings. The van der Waals surface area contributed by atoms with Gasteiger partial charge < -0.3 is 5.32 Å². The zero-order chi connectivity index (χ0) is 17.2. The number of para-hydroxylation sites is 2. The van der Waals surface area contributed by atoms with Gasteiger partial charge in [0.05, 0.1) is 11.4 Å². The molecule has 0 unspecified atom stereocenters. The summed E-state index contributed by atoms with van der Waals surface area (Å²) in [5.41, 5.74) is 4.44. The van der Waals surface area contributed by atoms with Gasteiger partial charge in [-0.3, -0.25) is 4.90 Å². The van der Waals surface area contributed by atoms with E-state index in [1.807, 2.05) is 84.9 Å². The Morgan fingerprint density at radius 1 is 0.760 bits per heavy atom. The summed E-state index contributed by atoms with van der Waals surface area (Å²) in [6, 6.07) is 22.9. The van der Waals surface area contributed by atoms with Gasteiger partial charge in [-0.05, 0) is 47.5 Å². The van der Waals surface area contributed by atoms with Crippen LogP contribution in [0.2, 0.25) is 0 Å². The Morgan fingerprint density at radius 2 is 1.28 bits per heavy atom. The number of nitrogens with one attached hydrogen (secondary N) is 1. The molecule has 0 saturated heterocycles. The minimum atomic E-state index is -0.199. The Kier molecular flexibility index (Phi) is 4.04.